The lowest BCUT2D eigenvalue weighted by atomic mass is 10.2. The van der Waals surface area contributed by atoms with Gasteiger partial charge in [-0.25, -0.2) is 4.98 Å². The molecule has 0 amide bonds. The molecule has 0 atom stereocenters. The molecule has 92 valence electrons. The molecule has 0 aliphatic carbocycles. The van der Waals surface area contributed by atoms with Crippen LogP contribution >= 0.6 is 11.8 Å². The Bertz CT molecular complexity index is 593. The minimum atomic E-state index is 0.0518. The maximum absolute atomic E-state index is 7.56. The van der Waals surface area contributed by atoms with Crippen molar-refractivity contribution < 1.29 is 0 Å². The molecule has 0 unspecified atom stereocenters. The molecule has 3 N–H and O–H groups in total. The highest BCUT2D eigenvalue weighted by molar-refractivity contribution is 7.99. The standard InChI is InChI=1S/C14H15N3S/c1-9-5-6-10(2)12(8-9)18-14-11(13(15)16)4-3-7-17-14/h3-8H,1-2H3,(H3,15,16). The van der Waals surface area contributed by atoms with Crippen molar-refractivity contribution >= 4 is 17.6 Å². The molecule has 0 spiro atoms. The van der Waals surface area contributed by atoms with E-state index in [1.54, 1.807) is 24.0 Å². The third-order valence-electron chi connectivity index (χ3n) is 2.61. The van der Waals surface area contributed by atoms with E-state index in [1.165, 1.54) is 11.1 Å². The Kier molecular flexibility index (Phi) is 3.67. The average molecular weight is 257 g/mol. The van der Waals surface area contributed by atoms with Gasteiger partial charge in [-0.1, -0.05) is 23.9 Å². The molecule has 3 nitrogen and oxygen atoms in total. The molecule has 18 heavy (non-hydrogen) atoms. The summed E-state index contributed by atoms with van der Waals surface area (Å²) < 4.78 is 0. The first-order chi connectivity index (χ1) is 8.58. The molecule has 0 fully saturated rings. The van der Waals surface area contributed by atoms with Gasteiger partial charge in [0.05, 0.1) is 0 Å². The van der Waals surface area contributed by atoms with Crippen LogP contribution in [-0.2, 0) is 0 Å². The lowest BCUT2D eigenvalue weighted by molar-refractivity contribution is 1.10. The van der Waals surface area contributed by atoms with Crippen LogP contribution in [0.25, 0.3) is 0 Å². The third kappa shape index (κ3) is 2.71. The molecule has 0 aliphatic heterocycles. The normalized spacial score (nSPS) is 10.3. The Balaban J connectivity index is 2.40. The van der Waals surface area contributed by atoms with Gasteiger partial charge in [0.15, 0.2) is 0 Å². The molecule has 2 rings (SSSR count). The smallest absolute Gasteiger partial charge is 0.125 e. The van der Waals surface area contributed by atoms with E-state index in [9.17, 15) is 0 Å². The predicted molar refractivity (Wildman–Crippen MR) is 75.3 cm³/mol. The summed E-state index contributed by atoms with van der Waals surface area (Å²) in [7, 11) is 0. The topological polar surface area (TPSA) is 62.8 Å². The Morgan fingerprint density at radius 1 is 1.28 bits per heavy atom. The zero-order valence-corrected chi connectivity index (χ0v) is 11.2. The molecular formula is C14H15N3S. The Hall–Kier alpha value is -1.81. The maximum atomic E-state index is 7.56. The SMILES string of the molecule is Cc1ccc(C)c(Sc2ncccc2C(=N)N)c1. The number of nitrogens with zero attached hydrogens (tertiary/aromatic N) is 1. The molecule has 0 saturated carbocycles. The van der Waals surface area contributed by atoms with Gasteiger partial charge in [-0.3, -0.25) is 5.41 Å². The van der Waals surface area contributed by atoms with Crippen LogP contribution in [0.3, 0.4) is 0 Å². The predicted octanol–water partition coefficient (Wildman–Crippen LogP) is 3.13. The van der Waals surface area contributed by atoms with Gasteiger partial charge < -0.3 is 5.73 Å². The van der Waals surface area contributed by atoms with Crippen molar-refractivity contribution in [3.63, 3.8) is 0 Å². The van der Waals surface area contributed by atoms with E-state index in [1.807, 2.05) is 6.07 Å². The molecule has 0 saturated heterocycles. The minimum absolute atomic E-state index is 0.0518. The van der Waals surface area contributed by atoms with Crippen molar-refractivity contribution in [2.75, 3.05) is 0 Å². The van der Waals surface area contributed by atoms with Crippen LogP contribution in [0.5, 0.6) is 0 Å². The van der Waals surface area contributed by atoms with Crippen molar-refractivity contribution in [1.29, 1.82) is 5.41 Å². The highest BCUT2D eigenvalue weighted by Gasteiger charge is 2.09. The first-order valence-corrected chi connectivity index (χ1v) is 6.44. The van der Waals surface area contributed by atoms with E-state index in [0.29, 0.717) is 5.56 Å². The van der Waals surface area contributed by atoms with Crippen molar-refractivity contribution in [2.45, 2.75) is 23.8 Å². The fraction of sp³-hybridized carbons (Fsp3) is 0.143. The van der Waals surface area contributed by atoms with Crippen LogP contribution in [0.15, 0.2) is 46.5 Å². The van der Waals surface area contributed by atoms with E-state index >= 15 is 0 Å². The second-order valence-corrected chi connectivity index (χ2v) is 5.17. The summed E-state index contributed by atoms with van der Waals surface area (Å²) in [5, 5.41) is 8.34. The highest BCUT2D eigenvalue weighted by Crippen LogP contribution is 2.31. The maximum Gasteiger partial charge on any atom is 0.125 e. The van der Waals surface area contributed by atoms with Crippen molar-refractivity contribution in [1.82, 2.24) is 4.98 Å². The van der Waals surface area contributed by atoms with Gasteiger partial charge in [0.2, 0.25) is 0 Å². The summed E-state index contributed by atoms with van der Waals surface area (Å²) in [5.74, 6) is 0.0518. The third-order valence-corrected chi connectivity index (χ3v) is 3.79. The second kappa shape index (κ2) is 5.23. The summed E-state index contributed by atoms with van der Waals surface area (Å²) in [4.78, 5) is 5.46. The average Bonchev–Trinajstić information content (AvgIpc) is 2.34. The monoisotopic (exact) mass is 257 g/mol. The van der Waals surface area contributed by atoms with Gasteiger partial charge in [0.25, 0.3) is 0 Å². The first kappa shape index (κ1) is 12.6. The highest BCUT2D eigenvalue weighted by atomic mass is 32.2. The van der Waals surface area contributed by atoms with Crippen molar-refractivity contribution in [3.8, 4) is 0 Å². The Morgan fingerprint density at radius 3 is 2.78 bits per heavy atom. The lowest BCUT2D eigenvalue weighted by Gasteiger charge is -2.09. The summed E-state index contributed by atoms with van der Waals surface area (Å²) in [6, 6.07) is 9.92. The zero-order chi connectivity index (χ0) is 13.1. The molecular weight excluding hydrogens is 242 g/mol. The number of nitrogens with two attached hydrogens (primary N) is 1. The van der Waals surface area contributed by atoms with Gasteiger partial charge in [-0.2, -0.15) is 0 Å². The molecule has 1 aromatic heterocycles. The molecule has 0 bridgehead atoms. The van der Waals surface area contributed by atoms with Crippen LogP contribution in [-0.4, -0.2) is 10.8 Å². The Morgan fingerprint density at radius 2 is 2.06 bits per heavy atom. The van der Waals surface area contributed by atoms with Crippen LogP contribution in [0.4, 0.5) is 0 Å². The van der Waals surface area contributed by atoms with Crippen molar-refractivity contribution in [2.24, 2.45) is 5.73 Å². The van der Waals surface area contributed by atoms with Crippen LogP contribution in [0.2, 0.25) is 0 Å². The van der Waals surface area contributed by atoms with E-state index in [0.717, 1.165) is 9.92 Å². The largest absolute Gasteiger partial charge is 0.384 e. The number of rotatable bonds is 3. The van der Waals surface area contributed by atoms with Gasteiger partial charge in [0.1, 0.15) is 10.9 Å². The summed E-state index contributed by atoms with van der Waals surface area (Å²) in [6.07, 6.45) is 1.72. The van der Waals surface area contributed by atoms with Crippen LogP contribution < -0.4 is 5.73 Å². The molecule has 1 aromatic carbocycles. The number of aryl methyl sites for hydroxylation is 2. The number of benzene rings is 1. The van der Waals surface area contributed by atoms with Crippen molar-refractivity contribution in [3.05, 3.63) is 53.2 Å². The molecule has 2 aromatic rings. The first-order valence-electron chi connectivity index (χ1n) is 5.62. The van der Waals surface area contributed by atoms with Crippen LogP contribution in [0.1, 0.15) is 16.7 Å². The molecule has 4 heteroatoms. The number of amidine groups is 1. The van der Waals surface area contributed by atoms with E-state index < -0.39 is 0 Å². The van der Waals surface area contributed by atoms with Gasteiger partial charge >= 0.3 is 0 Å². The van der Waals surface area contributed by atoms with Gasteiger partial charge in [-0.15, -0.1) is 0 Å². The fourth-order valence-corrected chi connectivity index (χ4v) is 2.68. The number of nitrogens with one attached hydrogen (secondary N) is 1. The second-order valence-electron chi connectivity index (χ2n) is 4.14. The summed E-state index contributed by atoms with van der Waals surface area (Å²) in [6.45, 7) is 4.13. The molecule has 0 radical (unpaired) electrons. The van der Waals surface area contributed by atoms with Gasteiger partial charge in [-0.05, 0) is 43.2 Å². The molecule has 1 heterocycles. The number of pyridine rings is 1. The Labute approximate surface area is 111 Å². The number of hydrogen-bond acceptors (Lipinski definition) is 3. The van der Waals surface area contributed by atoms with E-state index in [4.69, 9.17) is 11.1 Å². The zero-order valence-electron chi connectivity index (χ0n) is 10.4. The number of aromatic nitrogens is 1. The summed E-state index contributed by atoms with van der Waals surface area (Å²) >= 11 is 1.55. The van der Waals surface area contributed by atoms with Crippen LogP contribution in [0, 0.1) is 19.3 Å². The number of nitrogen functional groups attached to an aromatic ring is 1. The fourth-order valence-electron chi connectivity index (χ4n) is 1.60. The quantitative estimate of drug-likeness (QED) is 0.656. The van der Waals surface area contributed by atoms with Gasteiger partial charge in [0, 0.05) is 16.7 Å². The minimum Gasteiger partial charge on any atom is -0.384 e. The summed E-state index contributed by atoms with van der Waals surface area (Å²) in [5.41, 5.74) is 8.66. The van der Waals surface area contributed by atoms with E-state index in [-0.39, 0.29) is 5.84 Å². The lowest BCUT2D eigenvalue weighted by Crippen LogP contribution is -2.12. The number of hydrogen-bond donors (Lipinski definition) is 2. The molecule has 0 aliphatic rings. The van der Waals surface area contributed by atoms with E-state index in [2.05, 4.69) is 37.0 Å².